The van der Waals surface area contributed by atoms with Crippen LogP contribution in [0.25, 0.3) is 0 Å². The van der Waals surface area contributed by atoms with Gasteiger partial charge in [0.05, 0.1) is 28.0 Å². The zero-order valence-corrected chi connectivity index (χ0v) is 18.6. The van der Waals surface area contributed by atoms with Crippen molar-refractivity contribution < 1.29 is 13.2 Å². The summed E-state index contributed by atoms with van der Waals surface area (Å²) in [6.07, 6.45) is 1.98. The molecule has 0 aromatic heterocycles. The fourth-order valence-electron chi connectivity index (χ4n) is 2.89. The number of benzene rings is 2. The average molecular weight is 443 g/mol. The fourth-order valence-corrected chi connectivity index (χ4v) is 4.35. The van der Waals surface area contributed by atoms with Crippen LogP contribution in [0.15, 0.2) is 42.5 Å². The van der Waals surface area contributed by atoms with Crippen LogP contribution in [0.4, 0.5) is 5.69 Å². The first-order valence-corrected chi connectivity index (χ1v) is 11.5. The van der Waals surface area contributed by atoms with Crippen LogP contribution >= 0.6 is 23.2 Å². The molecule has 0 heterocycles. The van der Waals surface area contributed by atoms with Gasteiger partial charge in [-0.05, 0) is 49.6 Å². The first kappa shape index (κ1) is 22.5. The summed E-state index contributed by atoms with van der Waals surface area (Å²) in [5, 5.41) is 3.40. The van der Waals surface area contributed by atoms with Crippen LogP contribution in [-0.2, 0) is 21.2 Å². The summed E-state index contributed by atoms with van der Waals surface area (Å²) in [7, 11) is -3.73. The second kappa shape index (κ2) is 9.16. The highest BCUT2D eigenvalue weighted by molar-refractivity contribution is 7.92. The Labute approximate surface area is 176 Å². The Kier molecular flexibility index (Phi) is 7.37. The van der Waals surface area contributed by atoms with Crippen molar-refractivity contribution >= 4 is 44.8 Å². The van der Waals surface area contributed by atoms with E-state index in [1.807, 2.05) is 31.2 Å². The average Bonchev–Trinajstić information content (AvgIpc) is 2.63. The molecule has 0 saturated heterocycles. The molecule has 1 N–H and O–H groups in total. The van der Waals surface area contributed by atoms with E-state index in [1.165, 1.54) is 30.7 Å². The molecule has 28 heavy (non-hydrogen) atoms. The molecule has 0 aliphatic rings. The van der Waals surface area contributed by atoms with Crippen LogP contribution < -0.4 is 9.62 Å². The Morgan fingerprint density at radius 2 is 1.68 bits per heavy atom. The second-order valence-corrected chi connectivity index (χ2v) is 9.33. The van der Waals surface area contributed by atoms with Crippen LogP contribution in [0.2, 0.25) is 10.0 Å². The molecule has 0 spiro atoms. The normalized spacial score (nSPS) is 13.6. The summed E-state index contributed by atoms with van der Waals surface area (Å²) >= 11 is 11.9. The molecule has 0 saturated carbocycles. The van der Waals surface area contributed by atoms with E-state index in [2.05, 4.69) is 12.2 Å². The highest BCUT2D eigenvalue weighted by atomic mass is 35.5. The molecule has 2 unspecified atom stereocenters. The Bertz CT molecular complexity index is 946. The largest absolute Gasteiger partial charge is 0.348 e. The number of sulfonamides is 1. The SMILES string of the molecule is CCc1ccc(C(C)NC(=O)C(C)N(c2ccc(Cl)c(Cl)c2)S(C)(=O)=O)cc1. The van der Waals surface area contributed by atoms with Gasteiger partial charge in [0.15, 0.2) is 0 Å². The monoisotopic (exact) mass is 442 g/mol. The first-order valence-electron chi connectivity index (χ1n) is 8.88. The van der Waals surface area contributed by atoms with E-state index in [1.54, 1.807) is 0 Å². The molecule has 2 aromatic carbocycles. The van der Waals surface area contributed by atoms with E-state index in [9.17, 15) is 13.2 Å². The molecule has 5 nitrogen and oxygen atoms in total. The highest BCUT2D eigenvalue weighted by Gasteiger charge is 2.30. The number of halogens is 2. The minimum atomic E-state index is -3.73. The van der Waals surface area contributed by atoms with Gasteiger partial charge >= 0.3 is 0 Å². The van der Waals surface area contributed by atoms with Crippen molar-refractivity contribution in [2.45, 2.75) is 39.3 Å². The molecular formula is C20H24Cl2N2O3S. The number of aryl methyl sites for hydroxylation is 1. The Morgan fingerprint density at radius 3 is 2.18 bits per heavy atom. The minimum Gasteiger partial charge on any atom is -0.348 e. The number of hydrogen-bond donors (Lipinski definition) is 1. The van der Waals surface area contributed by atoms with Gasteiger partial charge in [0.25, 0.3) is 0 Å². The molecule has 152 valence electrons. The maximum atomic E-state index is 12.8. The number of carbonyl (C=O) groups is 1. The van der Waals surface area contributed by atoms with Gasteiger partial charge in [0.1, 0.15) is 6.04 Å². The minimum absolute atomic E-state index is 0.213. The van der Waals surface area contributed by atoms with Crippen LogP contribution in [0.3, 0.4) is 0 Å². The molecule has 0 aliphatic carbocycles. The van der Waals surface area contributed by atoms with Crippen molar-refractivity contribution in [3.05, 3.63) is 63.6 Å². The Balaban J connectivity index is 2.24. The summed E-state index contributed by atoms with van der Waals surface area (Å²) in [6, 6.07) is 11.2. The van der Waals surface area contributed by atoms with E-state index < -0.39 is 22.0 Å². The molecule has 2 atom stereocenters. The summed E-state index contributed by atoms with van der Waals surface area (Å²) in [4.78, 5) is 12.8. The summed E-state index contributed by atoms with van der Waals surface area (Å²) < 4.78 is 25.8. The molecule has 8 heteroatoms. The van der Waals surface area contributed by atoms with Crippen molar-refractivity contribution in [2.75, 3.05) is 10.6 Å². The summed E-state index contributed by atoms with van der Waals surface area (Å²) in [5.74, 6) is -0.413. The van der Waals surface area contributed by atoms with E-state index in [0.29, 0.717) is 5.02 Å². The first-order chi connectivity index (χ1) is 13.0. The predicted octanol–water partition coefficient (Wildman–Crippen LogP) is 4.59. The smallest absolute Gasteiger partial charge is 0.244 e. The lowest BCUT2D eigenvalue weighted by atomic mass is 10.0. The van der Waals surface area contributed by atoms with Crippen molar-refractivity contribution in [2.24, 2.45) is 0 Å². The predicted molar refractivity (Wildman–Crippen MR) is 116 cm³/mol. The van der Waals surface area contributed by atoms with Gasteiger partial charge in [-0.1, -0.05) is 54.4 Å². The van der Waals surface area contributed by atoms with Gasteiger partial charge in [-0.2, -0.15) is 0 Å². The number of rotatable bonds is 7. The van der Waals surface area contributed by atoms with E-state index >= 15 is 0 Å². The Morgan fingerprint density at radius 1 is 1.07 bits per heavy atom. The van der Waals surface area contributed by atoms with Crippen molar-refractivity contribution in [1.29, 1.82) is 0 Å². The molecular weight excluding hydrogens is 419 g/mol. The molecule has 0 aliphatic heterocycles. The molecule has 0 bridgehead atoms. The van der Waals surface area contributed by atoms with E-state index in [4.69, 9.17) is 23.2 Å². The van der Waals surface area contributed by atoms with Gasteiger partial charge in [-0.3, -0.25) is 9.10 Å². The molecule has 2 rings (SSSR count). The maximum absolute atomic E-state index is 12.8. The lowest BCUT2D eigenvalue weighted by Crippen LogP contribution is -2.48. The van der Waals surface area contributed by atoms with Crippen molar-refractivity contribution in [3.8, 4) is 0 Å². The van der Waals surface area contributed by atoms with Gasteiger partial charge in [-0.15, -0.1) is 0 Å². The van der Waals surface area contributed by atoms with Gasteiger partial charge < -0.3 is 5.32 Å². The molecule has 0 fully saturated rings. The zero-order valence-electron chi connectivity index (χ0n) is 16.2. The van der Waals surface area contributed by atoms with Gasteiger partial charge in [0, 0.05) is 0 Å². The highest BCUT2D eigenvalue weighted by Crippen LogP contribution is 2.29. The molecule has 2 aromatic rings. The summed E-state index contributed by atoms with van der Waals surface area (Å²) in [6.45, 7) is 5.46. The zero-order chi connectivity index (χ0) is 21.1. The number of carbonyl (C=O) groups excluding carboxylic acids is 1. The number of anilines is 1. The number of nitrogens with one attached hydrogen (secondary N) is 1. The molecule has 0 radical (unpaired) electrons. The second-order valence-electron chi connectivity index (χ2n) is 6.66. The van der Waals surface area contributed by atoms with Crippen LogP contribution in [0, 0.1) is 0 Å². The third-order valence-corrected chi connectivity index (χ3v) is 6.47. The number of hydrogen-bond acceptors (Lipinski definition) is 3. The van der Waals surface area contributed by atoms with Crippen molar-refractivity contribution in [1.82, 2.24) is 5.32 Å². The third-order valence-electron chi connectivity index (χ3n) is 4.49. The van der Waals surface area contributed by atoms with Gasteiger partial charge in [-0.25, -0.2) is 8.42 Å². The van der Waals surface area contributed by atoms with E-state index in [0.717, 1.165) is 22.5 Å². The van der Waals surface area contributed by atoms with Crippen LogP contribution in [0.1, 0.15) is 37.9 Å². The number of nitrogens with zero attached hydrogens (tertiary/aromatic N) is 1. The van der Waals surface area contributed by atoms with E-state index in [-0.39, 0.29) is 16.8 Å². The molecule has 1 amide bonds. The maximum Gasteiger partial charge on any atom is 0.244 e. The lowest BCUT2D eigenvalue weighted by Gasteiger charge is -2.29. The lowest BCUT2D eigenvalue weighted by molar-refractivity contribution is -0.122. The Hall–Kier alpha value is -1.76. The quantitative estimate of drug-likeness (QED) is 0.681. The number of amides is 1. The van der Waals surface area contributed by atoms with Crippen LogP contribution in [-0.4, -0.2) is 26.6 Å². The fraction of sp³-hybridized carbons (Fsp3) is 0.350. The van der Waals surface area contributed by atoms with Gasteiger partial charge in [0.2, 0.25) is 15.9 Å². The van der Waals surface area contributed by atoms with Crippen molar-refractivity contribution in [3.63, 3.8) is 0 Å². The standard InChI is InChI=1S/C20H24Cl2N2O3S/c1-5-15-6-8-16(9-7-15)13(2)23-20(25)14(3)24(28(4,26)27)17-10-11-18(21)19(22)12-17/h6-14H,5H2,1-4H3,(H,23,25). The third kappa shape index (κ3) is 5.40. The summed E-state index contributed by atoms with van der Waals surface area (Å²) in [5.41, 5.74) is 2.43. The van der Waals surface area contributed by atoms with Crippen LogP contribution in [0.5, 0.6) is 0 Å². The topological polar surface area (TPSA) is 66.5 Å².